The van der Waals surface area contributed by atoms with Gasteiger partial charge in [0.05, 0.1) is 0 Å². The summed E-state index contributed by atoms with van der Waals surface area (Å²) in [5.41, 5.74) is 1.04. The van der Waals surface area contributed by atoms with E-state index < -0.39 is 0 Å². The Labute approximate surface area is 109 Å². The van der Waals surface area contributed by atoms with Gasteiger partial charge in [0.2, 0.25) is 0 Å². The molecule has 1 aliphatic rings. The van der Waals surface area contributed by atoms with Crippen LogP contribution in [0.3, 0.4) is 0 Å². The fourth-order valence-electron chi connectivity index (χ4n) is 2.55. The number of carbonyl (C=O) groups is 1. The van der Waals surface area contributed by atoms with Crippen molar-refractivity contribution < 1.29 is 9.53 Å². The first kappa shape index (κ1) is 12.9. The number of benzene rings is 1. The monoisotopic (exact) mass is 247 g/mol. The highest BCUT2D eigenvalue weighted by atomic mass is 16.6. The summed E-state index contributed by atoms with van der Waals surface area (Å²) < 4.78 is 5.38. The molecule has 0 spiro atoms. The Balaban J connectivity index is 1.86. The van der Waals surface area contributed by atoms with E-state index in [1.54, 1.807) is 0 Å². The van der Waals surface area contributed by atoms with E-state index in [0.717, 1.165) is 24.9 Å². The summed E-state index contributed by atoms with van der Waals surface area (Å²) >= 11 is 0. The normalized spacial score (nSPS) is 15.6. The molecule has 1 aliphatic carbocycles. The third-order valence-electron chi connectivity index (χ3n) is 3.55. The van der Waals surface area contributed by atoms with Crippen LogP contribution in [-0.2, 0) is 11.3 Å². The van der Waals surface area contributed by atoms with Crippen LogP contribution in [0.2, 0.25) is 0 Å². The number of hydrogen-bond acceptors (Lipinski definition) is 2. The minimum atomic E-state index is -0.173. The van der Waals surface area contributed by atoms with Crippen molar-refractivity contribution in [3.63, 3.8) is 0 Å². The first-order valence-corrected chi connectivity index (χ1v) is 6.78. The van der Waals surface area contributed by atoms with Crippen molar-refractivity contribution >= 4 is 6.09 Å². The molecule has 0 saturated heterocycles. The highest BCUT2D eigenvalue weighted by Gasteiger charge is 2.26. The van der Waals surface area contributed by atoms with Gasteiger partial charge in [0.1, 0.15) is 6.61 Å². The van der Waals surface area contributed by atoms with Crippen LogP contribution in [-0.4, -0.2) is 23.6 Å². The molecule has 1 amide bonds. The predicted molar refractivity (Wildman–Crippen MR) is 71.3 cm³/mol. The van der Waals surface area contributed by atoms with E-state index in [-0.39, 0.29) is 6.09 Å². The quantitative estimate of drug-likeness (QED) is 0.813. The lowest BCUT2D eigenvalue weighted by atomic mass is 10.2. The zero-order valence-corrected chi connectivity index (χ0v) is 11.0. The largest absolute Gasteiger partial charge is 0.445 e. The van der Waals surface area contributed by atoms with Gasteiger partial charge in [-0.05, 0) is 25.3 Å². The number of hydrogen-bond donors (Lipinski definition) is 0. The Hall–Kier alpha value is -1.51. The lowest BCUT2D eigenvalue weighted by Crippen LogP contribution is -2.38. The molecule has 0 N–H and O–H groups in total. The summed E-state index contributed by atoms with van der Waals surface area (Å²) in [4.78, 5) is 13.9. The van der Waals surface area contributed by atoms with Gasteiger partial charge in [0, 0.05) is 12.6 Å². The van der Waals surface area contributed by atoms with Gasteiger partial charge in [-0.15, -0.1) is 0 Å². The van der Waals surface area contributed by atoms with E-state index in [2.05, 4.69) is 0 Å². The number of nitrogens with zero attached hydrogens (tertiary/aromatic N) is 1. The minimum Gasteiger partial charge on any atom is -0.445 e. The van der Waals surface area contributed by atoms with E-state index >= 15 is 0 Å². The molecule has 0 aliphatic heterocycles. The topological polar surface area (TPSA) is 29.5 Å². The Morgan fingerprint density at radius 1 is 1.28 bits per heavy atom. The average Bonchev–Trinajstić information content (AvgIpc) is 2.92. The predicted octanol–water partition coefficient (Wildman–Crippen LogP) is 3.59. The summed E-state index contributed by atoms with van der Waals surface area (Å²) in [6.45, 7) is 3.11. The van der Waals surface area contributed by atoms with Gasteiger partial charge in [-0.3, -0.25) is 0 Å². The lowest BCUT2D eigenvalue weighted by Gasteiger charge is -2.26. The van der Waals surface area contributed by atoms with Crippen LogP contribution in [0.25, 0.3) is 0 Å². The summed E-state index contributed by atoms with van der Waals surface area (Å²) in [5.74, 6) is 0. The van der Waals surface area contributed by atoms with E-state index in [4.69, 9.17) is 4.74 Å². The first-order valence-electron chi connectivity index (χ1n) is 6.78. The van der Waals surface area contributed by atoms with E-state index in [9.17, 15) is 4.79 Å². The molecule has 3 nitrogen and oxygen atoms in total. The zero-order valence-electron chi connectivity index (χ0n) is 11.0. The third-order valence-corrected chi connectivity index (χ3v) is 3.55. The fraction of sp³-hybridized carbons (Fsp3) is 0.533. The second-order valence-corrected chi connectivity index (χ2v) is 4.76. The maximum Gasteiger partial charge on any atom is 0.410 e. The van der Waals surface area contributed by atoms with E-state index in [1.807, 2.05) is 42.2 Å². The molecule has 0 radical (unpaired) electrons. The van der Waals surface area contributed by atoms with Crippen molar-refractivity contribution in [2.24, 2.45) is 0 Å². The van der Waals surface area contributed by atoms with Crippen molar-refractivity contribution in [3.8, 4) is 0 Å². The second kappa shape index (κ2) is 6.43. The number of amides is 1. The molecule has 3 heteroatoms. The van der Waals surface area contributed by atoms with Crippen molar-refractivity contribution in [3.05, 3.63) is 35.9 Å². The van der Waals surface area contributed by atoms with Gasteiger partial charge >= 0.3 is 6.09 Å². The Morgan fingerprint density at radius 3 is 2.56 bits per heavy atom. The number of ether oxygens (including phenoxy) is 1. The summed E-state index contributed by atoms with van der Waals surface area (Å²) in [5, 5.41) is 0. The van der Waals surface area contributed by atoms with Crippen LogP contribution >= 0.6 is 0 Å². The van der Waals surface area contributed by atoms with Crippen molar-refractivity contribution in [1.29, 1.82) is 0 Å². The molecular weight excluding hydrogens is 226 g/mol. The van der Waals surface area contributed by atoms with Gasteiger partial charge in [0.15, 0.2) is 0 Å². The molecule has 1 aromatic carbocycles. The summed E-state index contributed by atoms with van der Waals surface area (Å²) in [6.07, 6.45) is 4.52. The molecule has 0 aromatic heterocycles. The maximum absolute atomic E-state index is 12.0. The molecule has 1 saturated carbocycles. The minimum absolute atomic E-state index is 0.173. The second-order valence-electron chi connectivity index (χ2n) is 4.76. The molecule has 1 fully saturated rings. The van der Waals surface area contributed by atoms with Crippen LogP contribution in [0, 0.1) is 0 Å². The molecule has 18 heavy (non-hydrogen) atoms. The summed E-state index contributed by atoms with van der Waals surface area (Å²) in [6, 6.07) is 10.2. The Kier molecular flexibility index (Phi) is 4.62. The van der Waals surface area contributed by atoms with Crippen LogP contribution in [0.5, 0.6) is 0 Å². The molecule has 1 aromatic rings. The first-order chi connectivity index (χ1) is 8.81. The van der Waals surface area contributed by atoms with Crippen LogP contribution in [0.15, 0.2) is 30.3 Å². The van der Waals surface area contributed by atoms with Gasteiger partial charge in [-0.25, -0.2) is 4.79 Å². The van der Waals surface area contributed by atoms with Gasteiger partial charge in [-0.1, -0.05) is 43.2 Å². The van der Waals surface area contributed by atoms with Gasteiger partial charge < -0.3 is 9.64 Å². The SMILES string of the molecule is CCN(C(=O)OCc1ccccc1)C1CCCC1. The highest BCUT2D eigenvalue weighted by molar-refractivity contribution is 5.68. The molecule has 2 rings (SSSR count). The smallest absolute Gasteiger partial charge is 0.410 e. The molecule has 0 bridgehead atoms. The van der Waals surface area contributed by atoms with E-state index in [0.29, 0.717) is 12.6 Å². The van der Waals surface area contributed by atoms with Crippen LogP contribution in [0.4, 0.5) is 4.79 Å². The lowest BCUT2D eigenvalue weighted by molar-refractivity contribution is 0.0834. The molecular formula is C15H21NO2. The standard InChI is InChI=1S/C15H21NO2/c1-2-16(14-10-6-7-11-14)15(17)18-12-13-8-4-3-5-9-13/h3-5,8-9,14H,2,6-7,10-12H2,1H3. The van der Waals surface area contributed by atoms with Gasteiger partial charge in [0.25, 0.3) is 0 Å². The van der Waals surface area contributed by atoms with Gasteiger partial charge in [-0.2, -0.15) is 0 Å². The fourth-order valence-corrected chi connectivity index (χ4v) is 2.55. The van der Waals surface area contributed by atoms with Crippen LogP contribution in [0.1, 0.15) is 38.2 Å². The molecule has 98 valence electrons. The third kappa shape index (κ3) is 3.25. The van der Waals surface area contributed by atoms with E-state index in [1.165, 1.54) is 12.8 Å². The molecule has 0 heterocycles. The maximum atomic E-state index is 12.0. The molecule has 0 unspecified atom stereocenters. The molecule has 0 atom stereocenters. The Bertz CT molecular complexity index is 371. The van der Waals surface area contributed by atoms with Crippen LogP contribution < -0.4 is 0 Å². The highest BCUT2D eigenvalue weighted by Crippen LogP contribution is 2.23. The van der Waals surface area contributed by atoms with Crippen molar-refractivity contribution in [1.82, 2.24) is 4.90 Å². The van der Waals surface area contributed by atoms with Crippen molar-refractivity contribution in [2.45, 2.75) is 45.3 Å². The summed E-state index contributed by atoms with van der Waals surface area (Å²) in [7, 11) is 0. The number of carbonyl (C=O) groups excluding carboxylic acids is 1. The number of rotatable bonds is 4. The Morgan fingerprint density at radius 2 is 1.94 bits per heavy atom. The van der Waals surface area contributed by atoms with Crippen molar-refractivity contribution in [2.75, 3.05) is 6.54 Å². The average molecular weight is 247 g/mol. The zero-order chi connectivity index (χ0) is 12.8.